The zero-order valence-corrected chi connectivity index (χ0v) is 16.1. The number of nitriles is 1. The largest absolute Gasteiger partial charge is 0.445 e. The highest BCUT2D eigenvalue weighted by molar-refractivity contribution is 5.70. The minimum Gasteiger partial charge on any atom is -0.445 e. The maximum absolute atomic E-state index is 12.2. The number of aliphatic hydroxyl groups is 1. The number of amides is 2. The Morgan fingerprint density at radius 2 is 1.89 bits per heavy atom. The number of nitrogens with zero attached hydrogens (tertiary/aromatic N) is 1. The molecule has 0 fully saturated rings. The maximum Gasteiger partial charge on any atom is 0.408 e. The first-order valence-corrected chi connectivity index (χ1v) is 8.93. The molecule has 3 atom stereocenters. The molecule has 1 aliphatic rings. The number of alkyl carbamates (subject to hydrolysis) is 2. The third-order valence-electron chi connectivity index (χ3n) is 3.96. The minimum absolute atomic E-state index is 0.0764. The van der Waals surface area contributed by atoms with E-state index in [0.717, 1.165) is 5.56 Å². The van der Waals surface area contributed by atoms with Gasteiger partial charge in [0, 0.05) is 12.0 Å². The van der Waals surface area contributed by atoms with Gasteiger partial charge in [-0.25, -0.2) is 9.59 Å². The highest BCUT2D eigenvalue weighted by atomic mass is 16.6. The van der Waals surface area contributed by atoms with Gasteiger partial charge in [-0.05, 0) is 32.4 Å². The van der Waals surface area contributed by atoms with Gasteiger partial charge in [0.05, 0.1) is 24.3 Å². The van der Waals surface area contributed by atoms with E-state index in [4.69, 9.17) is 14.7 Å². The molecule has 0 bridgehead atoms. The molecule has 0 aromatic heterocycles. The van der Waals surface area contributed by atoms with Crippen molar-refractivity contribution in [2.24, 2.45) is 0 Å². The van der Waals surface area contributed by atoms with Gasteiger partial charge in [0.25, 0.3) is 0 Å². The van der Waals surface area contributed by atoms with Gasteiger partial charge in [0.2, 0.25) is 0 Å². The van der Waals surface area contributed by atoms with Gasteiger partial charge in [0.15, 0.2) is 0 Å². The van der Waals surface area contributed by atoms with Crippen LogP contribution in [0.3, 0.4) is 0 Å². The first kappa shape index (κ1) is 21.3. The molecule has 3 unspecified atom stereocenters. The molecule has 8 heteroatoms. The minimum atomic E-state index is -1.16. The van der Waals surface area contributed by atoms with E-state index in [0.29, 0.717) is 5.57 Å². The number of carbonyl (C=O) groups excluding carboxylic acids is 2. The zero-order chi connectivity index (χ0) is 20.7. The van der Waals surface area contributed by atoms with E-state index in [-0.39, 0.29) is 13.0 Å². The van der Waals surface area contributed by atoms with Gasteiger partial charge < -0.3 is 25.2 Å². The van der Waals surface area contributed by atoms with E-state index in [1.165, 1.54) is 6.08 Å². The summed E-state index contributed by atoms with van der Waals surface area (Å²) >= 11 is 0. The average Bonchev–Trinajstić information content (AvgIpc) is 2.62. The van der Waals surface area contributed by atoms with E-state index < -0.39 is 36.0 Å². The second-order valence-electron chi connectivity index (χ2n) is 7.48. The Kier molecular flexibility index (Phi) is 7.01. The van der Waals surface area contributed by atoms with Crippen molar-refractivity contribution in [2.45, 2.75) is 57.6 Å². The first-order chi connectivity index (χ1) is 13.2. The number of aliphatic hydroxyl groups excluding tert-OH is 1. The lowest BCUT2D eigenvalue weighted by molar-refractivity contribution is 0.0412. The van der Waals surface area contributed by atoms with Gasteiger partial charge in [-0.15, -0.1) is 0 Å². The number of hydrogen-bond acceptors (Lipinski definition) is 6. The van der Waals surface area contributed by atoms with Crippen LogP contribution < -0.4 is 10.6 Å². The van der Waals surface area contributed by atoms with Gasteiger partial charge in [-0.3, -0.25) is 0 Å². The summed E-state index contributed by atoms with van der Waals surface area (Å²) in [5.74, 6) is 0. The lowest BCUT2D eigenvalue weighted by Crippen LogP contribution is -2.59. The Hall–Kier alpha value is -3.05. The summed E-state index contributed by atoms with van der Waals surface area (Å²) in [5.41, 5.74) is 0.417. The van der Waals surface area contributed by atoms with Crippen molar-refractivity contribution in [3.63, 3.8) is 0 Å². The smallest absolute Gasteiger partial charge is 0.408 e. The molecule has 28 heavy (non-hydrogen) atoms. The van der Waals surface area contributed by atoms with Crippen LogP contribution in [0.1, 0.15) is 32.8 Å². The standard InChI is InChI=1S/C20H25N3O5/c1-20(2,3)28-19(26)23-17-15(9-14(11-21)10-16(17)24)22-18(25)27-12-13-7-5-4-6-8-13/h4-8,10,15-17,24H,9,12H2,1-3H3,(H,22,25)(H,23,26). The van der Waals surface area contributed by atoms with Gasteiger partial charge in [-0.1, -0.05) is 30.3 Å². The topological polar surface area (TPSA) is 121 Å². The Bertz CT molecular complexity index is 764. The second kappa shape index (κ2) is 9.24. The van der Waals surface area contributed by atoms with E-state index in [1.54, 1.807) is 20.8 Å². The molecule has 0 saturated heterocycles. The molecule has 2 amide bonds. The van der Waals surface area contributed by atoms with Crippen molar-refractivity contribution in [2.75, 3.05) is 0 Å². The molecule has 0 saturated carbocycles. The fourth-order valence-electron chi connectivity index (χ4n) is 2.75. The molecule has 0 heterocycles. The lowest BCUT2D eigenvalue weighted by Gasteiger charge is -2.34. The fourth-order valence-corrected chi connectivity index (χ4v) is 2.75. The maximum atomic E-state index is 12.2. The van der Waals surface area contributed by atoms with E-state index in [2.05, 4.69) is 10.6 Å². The summed E-state index contributed by atoms with van der Waals surface area (Å²) in [7, 11) is 0. The highest BCUT2D eigenvalue weighted by Crippen LogP contribution is 2.20. The van der Waals surface area contributed by atoms with E-state index >= 15 is 0 Å². The van der Waals surface area contributed by atoms with Gasteiger partial charge in [0.1, 0.15) is 12.2 Å². The number of hydrogen-bond donors (Lipinski definition) is 3. The second-order valence-corrected chi connectivity index (χ2v) is 7.48. The molecule has 0 spiro atoms. The molecular formula is C20H25N3O5. The molecule has 3 N–H and O–H groups in total. The van der Waals surface area contributed by atoms with Crippen LogP contribution in [0, 0.1) is 11.3 Å². The molecule has 8 nitrogen and oxygen atoms in total. The molecule has 1 aromatic rings. The van der Waals surface area contributed by atoms with Crippen molar-refractivity contribution < 1.29 is 24.2 Å². The van der Waals surface area contributed by atoms with Gasteiger partial charge in [-0.2, -0.15) is 5.26 Å². The molecule has 0 aliphatic heterocycles. The van der Waals surface area contributed by atoms with Crippen molar-refractivity contribution in [1.82, 2.24) is 10.6 Å². The summed E-state index contributed by atoms with van der Waals surface area (Å²) < 4.78 is 10.4. The molecule has 1 aromatic carbocycles. The summed E-state index contributed by atoms with van der Waals surface area (Å²) in [6, 6.07) is 9.54. The lowest BCUT2D eigenvalue weighted by atomic mass is 9.88. The van der Waals surface area contributed by atoms with Gasteiger partial charge >= 0.3 is 12.2 Å². The van der Waals surface area contributed by atoms with E-state index in [1.807, 2.05) is 36.4 Å². The third kappa shape index (κ3) is 6.59. The summed E-state index contributed by atoms with van der Waals surface area (Å²) in [4.78, 5) is 24.3. The quantitative estimate of drug-likeness (QED) is 0.729. The summed E-state index contributed by atoms with van der Waals surface area (Å²) in [6.45, 7) is 5.23. The summed E-state index contributed by atoms with van der Waals surface area (Å²) in [6.07, 6.45) is -1.09. The van der Waals surface area contributed by atoms with Crippen molar-refractivity contribution in [3.8, 4) is 6.07 Å². The monoisotopic (exact) mass is 387 g/mol. The predicted octanol–water partition coefficient (Wildman–Crippen LogP) is 2.39. The van der Waals surface area contributed by atoms with Crippen LogP contribution >= 0.6 is 0 Å². The Labute approximate surface area is 164 Å². The number of rotatable bonds is 4. The Balaban J connectivity index is 2.02. The van der Waals surface area contributed by atoms with Crippen LogP contribution in [0.25, 0.3) is 0 Å². The molecule has 0 radical (unpaired) electrons. The van der Waals surface area contributed by atoms with Crippen molar-refractivity contribution in [3.05, 3.63) is 47.5 Å². The molecule has 150 valence electrons. The average molecular weight is 387 g/mol. The highest BCUT2D eigenvalue weighted by Gasteiger charge is 2.36. The Morgan fingerprint density at radius 3 is 2.50 bits per heavy atom. The normalized spacial score (nSPS) is 21.7. The van der Waals surface area contributed by atoms with Crippen LogP contribution in [0.5, 0.6) is 0 Å². The Morgan fingerprint density at radius 1 is 1.21 bits per heavy atom. The number of ether oxygens (including phenoxy) is 2. The van der Waals surface area contributed by atoms with Crippen LogP contribution in [0.4, 0.5) is 9.59 Å². The van der Waals surface area contributed by atoms with Crippen LogP contribution in [0.2, 0.25) is 0 Å². The number of nitrogens with one attached hydrogen (secondary N) is 2. The fraction of sp³-hybridized carbons (Fsp3) is 0.450. The van der Waals surface area contributed by atoms with Crippen molar-refractivity contribution in [1.29, 1.82) is 5.26 Å². The predicted molar refractivity (Wildman–Crippen MR) is 101 cm³/mol. The first-order valence-electron chi connectivity index (χ1n) is 8.93. The van der Waals surface area contributed by atoms with Crippen LogP contribution in [0.15, 0.2) is 42.0 Å². The van der Waals surface area contributed by atoms with Crippen molar-refractivity contribution >= 4 is 12.2 Å². The van der Waals surface area contributed by atoms with Crippen LogP contribution in [-0.2, 0) is 16.1 Å². The van der Waals surface area contributed by atoms with Crippen LogP contribution in [-0.4, -0.2) is 41.1 Å². The number of carbonyl (C=O) groups is 2. The number of benzene rings is 1. The molecule has 2 rings (SSSR count). The summed E-state index contributed by atoms with van der Waals surface area (Å²) in [5, 5.41) is 24.6. The third-order valence-corrected chi connectivity index (χ3v) is 3.96. The zero-order valence-electron chi connectivity index (χ0n) is 16.1. The van der Waals surface area contributed by atoms with E-state index in [9.17, 15) is 14.7 Å². The molecule has 1 aliphatic carbocycles. The SMILES string of the molecule is CC(C)(C)OC(=O)NC1C(O)C=C(C#N)CC1NC(=O)OCc1ccccc1. The molecular weight excluding hydrogens is 362 g/mol.